The Kier molecular flexibility index (Phi) is 6.63. The van der Waals surface area contributed by atoms with Crippen LogP contribution in [0.3, 0.4) is 0 Å². The second-order valence-electron chi connectivity index (χ2n) is 9.79. The molecule has 2 aromatic heterocycles. The molecule has 0 bridgehead atoms. The Hall–Kier alpha value is -2.42. The number of hydrogen-bond donors (Lipinski definition) is 1. The fourth-order valence-electron chi connectivity index (χ4n) is 5.72. The third-order valence-corrected chi connectivity index (χ3v) is 8.09. The second-order valence-corrected chi connectivity index (χ2v) is 10.6. The third-order valence-electron chi connectivity index (χ3n) is 7.53. The van der Waals surface area contributed by atoms with Crippen LogP contribution in [-0.4, -0.2) is 67.4 Å². The number of carboxylic acid groups (broad SMARTS) is 1. The number of aliphatic carboxylic acids is 1. The van der Waals surface area contributed by atoms with Gasteiger partial charge >= 0.3 is 5.97 Å². The molecule has 3 aromatic rings. The van der Waals surface area contributed by atoms with Gasteiger partial charge in [0.15, 0.2) is 5.65 Å². The van der Waals surface area contributed by atoms with Crippen molar-refractivity contribution < 1.29 is 9.90 Å². The molecule has 10 heteroatoms. The highest BCUT2D eigenvalue weighted by molar-refractivity contribution is 6.35. The van der Waals surface area contributed by atoms with Gasteiger partial charge in [0, 0.05) is 29.2 Å². The lowest BCUT2D eigenvalue weighted by Crippen LogP contribution is -2.53. The number of halogens is 2. The van der Waals surface area contributed by atoms with E-state index in [2.05, 4.69) is 16.7 Å². The molecule has 4 heterocycles. The Balaban J connectivity index is 1.41. The molecule has 1 aromatic carbocycles. The summed E-state index contributed by atoms with van der Waals surface area (Å²) in [6, 6.07) is 5.26. The summed E-state index contributed by atoms with van der Waals surface area (Å²) in [4.78, 5) is 25.9. The molecule has 8 nitrogen and oxygen atoms in total. The van der Waals surface area contributed by atoms with E-state index in [0.717, 1.165) is 67.1 Å². The molecule has 0 spiro atoms. The number of fused-ring (bicyclic) bond motifs is 1. The van der Waals surface area contributed by atoms with Gasteiger partial charge in [0.1, 0.15) is 17.4 Å². The monoisotopic (exact) mass is 516 g/mol. The van der Waals surface area contributed by atoms with Crippen molar-refractivity contribution in [2.24, 2.45) is 5.92 Å². The van der Waals surface area contributed by atoms with Gasteiger partial charge in [-0.2, -0.15) is 5.10 Å². The van der Waals surface area contributed by atoms with E-state index in [4.69, 9.17) is 38.3 Å². The third kappa shape index (κ3) is 4.47. The first-order valence-electron chi connectivity index (χ1n) is 12.1. The second kappa shape index (κ2) is 9.56. The van der Waals surface area contributed by atoms with E-state index in [1.807, 2.05) is 36.9 Å². The number of piperidine rings is 1. The van der Waals surface area contributed by atoms with Gasteiger partial charge in [0.05, 0.1) is 17.9 Å². The van der Waals surface area contributed by atoms with Crippen LogP contribution in [0.5, 0.6) is 0 Å². The van der Waals surface area contributed by atoms with Crippen LogP contribution in [0.15, 0.2) is 24.4 Å². The van der Waals surface area contributed by atoms with Gasteiger partial charge in [-0.05, 0) is 63.3 Å². The number of aryl methyl sites for hydroxylation is 1. The molecule has 2 aliphatic heterocycles. The van der Waals surface area contributed by atoms with E-state index in [1.165, 1.54) is 0 Å². The molecule has 4 atom stereocenters. The maximum absolute atomic E-state index is 11.7. The van der Waals surface area contributed by atoms with Crippen molar-refractivity contribution in [1.29, 1.82) is 0 Å². The summed E-state index contributed by atoms with van der Waals surface area (Å²) in [5.74, 6) is 0.432. The average molecular weight is 517 g/mol. The summed E-state index contributed by atoms with van der Waals surface area (Å²) in [5, 5.41) is 15.5. The van der Waals surface area contributed by atoms with Gasteiger partial charge in [-0.3, -0.25) is 9.69 Å². The van der Waals surface area contributed by atoms with Crippen LogP contribution in [0.4, 0.5) is 5.82 Å². The van der Waals surface area contributed by atoms with E-state index in [0.29, 0.717) is 16.0 Å². The van der Waals surface area contributed by atoms with Crippen molar-refractivity contribution in [2.45, 2.75) is 58.2 Å². The highest BCUT2D eigenvalue weighted by Gasteiger charge is 2.40. The zero-order chi connectivity index (χ0) is 24.9. The first-order valence-corrected chi connectivity index (χ1v) is 12.9. The largest absolute Gasteiger partial charge is 0.480 e. The number of carbonyl (C=O) groups is 1. The zero-order valence-corrected chi connectivity index (χ0v) is 21.7. The van der Waals surface area contributed by atoms with E-state index in [-0.39, 0.29) is 18.1 Å². The molecule has 0 amide bonds. The summed E-state index contributed by atoms with van der Waals surface area (Å²) in [7, 11) is 0. The first kappa shape index (κ1) is 24.3. The first-order chi connectivity index (χ1) is 16.7. The predicted octanol–water partition coefficient (Wildman–Crippen LogP) is 4.81. The quantitative estimate of drug-likeness (QED) is 0.520. The van der Waals surface area contributed by atoms with Crippen molar-refractivity contribution >= 4 is 46.2 Å². The lowest BCUT2D eigenvalue weighted by molar-refractivity contribution is -0.143. The fourth-order valence-corrected chi connectivity index (χ4v) is 6.29. The molecule has 5 rings (SSSR count). The standard InChI is InChI=1S/C25H30Cl2N6O2/c1-14-13-31(10-8-20(14)32-9-4-5-21(32)25(34)35)22-12-28-23-15(2)30-33(24(23)29-22)16(3)18-7-6-17(26)11-19(18)27/h6-7,11-12,14,16,20-21H,4-5,8-10,13H2,1-3H3,(H,34,35)/t14-,16-,20?,21+/m1/s1. The summed E-state index contributed by atoms with van der Waals surface area (Å²) < 4.78 is 1.88. The van der Waals surface area contributed by atoms with E-state index < -0.39 is 5.97 Å². The van der Waals surface area contributed by atoms with Crippen LogP contribution < -0.4 is 4.90 Å². The van der Waals surface area contributed by atoms with Crippen molar-refractivity contribution in [2.75, 3.05) is 24.5 Å². The van der Waals surface area contributed by atoms with Gasteiger partial charge in [0.25, 0.3) is 0 Å². The smallest absolute Gasteiger partial charge is 0.320 e. The number of rotatable bonds is 5. The van der Waals surface area contributed by atoms with Gasteiger partial charge in [-0.15, -0.1) is 0 Å². The van der Waals surface area contributed by atoms with Crippen molar-refractivity contribution in [3.05, 3.63) is 45.7 Å². The molecule has 0 aliphatic carbocycles. The molecule has 35 heavy (non-hydrogen) atoms. The SMILES string of the molecule is Cc1nn([C@H](C)c2ccc(Cl)cc2Cl)c2nc(N3CCC(N4CCC[C@H]4C(=O)O)[C@H](C)C3)cnc12. The minimum Gasteiger partial charge on any atom is -0.480 e. The molecule has 1 N–H and O–H groups in total. The van der Waals surface area contributed by atoms with E-state index in [9.17, 15) is 9.90 Å². The normalized spacial score (nSPS) is 24.3. The summed E-state index contributed by atoms with van der Waals surface area (Å²) in [6.07, 6.45) is 4.42. The number of likely N-dealkylation sites (tertiary alicyclic amines) is 1. The van der Waals surface area contributed by atoms with Crippen LogP contribution in [0.1, 0.15) is 50.4 Å². The molecule has 0 saturated carbocycles. The highest BCUT2D eigenvalue weighted by atomic mass is 35.5. The Morgan fingerprint density at radius 3 is 2.74 bits per heavy atom. The molecule has 186 valence electrons. The van der Waals surface area contributed by atoms with Crippen LogP contribution in [0.2, 0.25) is 10.0 Å². The topological polar surface area (TPSA) is 87.4 Å². The molecular weight excluding hydrogens is 487 g/mol. The molecule has 2 fully saturated rings. The molecule has 1 unspecified atom stereocenters. The number of benzene rings is 1. The maximum atomic E-state index is 11.7. The maximum Gasteiger partial charge on any atom is 0.320 e. The van der Waals surface area contributed by atoms with Crippen LogP contribution >= 0.6 is 23.2 Å². The van der Waals surface area contributed by atoms with E-state index >= 15 is 0 Å². The van der Waals surface area contributed by atoms with Gasteiger partial charge in [-0.25, -0.2) is 14.6 Å². The minimum atomic E-state index is -0.702. The van der Waals surface area contributed by atoms with Gasteiger partial charge < -0.3 is 10.0 Å². The minimum absolute atomic E-state index is 0.145. The molecular formula is C25H30Cl2N6O2. The van der Waals surface area contributed by atoms with Crippen LogP contribution in [0.25, 0.3) is 11.2 Å². The van der Waals surface area contributed by atoms with Crippen LogP contribution in [0, 0.1) is 12.8 Å². The Bertz CT molecular complexity index is 1260. The summed E-state index contributed by atoms with van der Waals surface area (Å²) in [5.41, 5.74) is 3.23. The summed E-state index contributed by atoms with van der Waals surface area (Å²) in [6.45, 7) is 8.66. The lowest BCUT2D eigenvalue weighted by Gasteiger charge is -2.43. The number of hydrogen-bond acceptors (Lipinski definition) is 6. The number of nitrogens with zero attached hydrogens (tertiary/aromatic N) is 6. The van der Waals surface area contributed by atoms with Crippen LogP contribution in [-0.2, 0) is 4.79 Å². The Morgan fingerprint density at radius 2 is 2.03 bits per heavy atom. The number of carboxylic acids is 1. The zero-order valence-electron chi connectivity index (χ0n) is 20.2. The van der Waals surface area contributed by atoms with Gasteiger partial charge in [-0.1, -0.05) is 36.2 Å². The lowest BCUT2D eigenvalue weighted by atomic mass is 9.91. The number of aromatic nitrogens is 4. The van der Waals surface area contributed by atoms with Crippen molar-refractivity contribution in [3.8, 4) is 0 Å². The fraction of sp³-hybridized carbons (Fsp3) is 0.520. The summed E-state index contributed by atoms with van der Waals surface area (Å²) >= 11 is 12.6. The predicted molar refractivity (Wildman–Crippen MR) is 137 cm³/mol. The molecule has 0 radical (unpaired) electrons. The average Bonchev–Trinajstić information content (AvgIpc) is 3.43. The van der Waals surface area contributed by atoms with E-state index in [1.54, 1.807) is 6.07 Å². The van der Waals surface area contributed by atoms with Crippen molar-refractivity contribution in [1.82, 2.24) is 24.6 Å². The van der Waals surface area contributed by atoms with Gasteiger partial charge in [0.2, 0.25) is 0 Å². The Morgan fingerprint density at radius 1 is 1.23 bits per heavy atom. The molecule has 2 aliphatic rings. The highest BCUT2D eigenvalue weighted by Crippen LogP contribution is 2.33. The Labute approximate surface area is 214 Å². The molecule has 2 saturated heterocycles. The number of anilines is 1. The van der Waals surface area contributed by atoms with Crippen molar-refractivity contribution in [3.63, 3.8) is 0 Å².